The van der Waals surface area contributed by atoms with E-state index >= 15 is 0 Å². The van der Waals surface area contributed by atoms with Gasteiger partial charge < -0.3 is 24.3 Å². The average molecular weight is 402 g/mol. The predicted octanol–water partition coefficient (Wildman–Crippen LogP) is 4.75. The van der Waals surface area contributed by atoms with Crippen molar-refractivity contribution in [2.75, 3.05) is 38.6 Å². The van der Waals surface area contributed by atoms with Crippen LogP contribution in [0.15, 0.2) is 47.1 Å². The Hall–Kier alpha value is -2.05. The number of anilines is 1. The third kappa shape index (κ3) is 6.53. The van der Waals surface area contributed by atoms with E-state index < -0.39 is 0 Å². The Bertz CT molecular complexity index is 695. The number of likely N-dealkylation sites (tertiary alicyclic amines) is 1. The summed E-state index contributed by atoms with van der Waals surface area (Å²) in [4.78, 5) is 4.79. The molecular formula is C22H31N3O2S. The molecule has 2 heterocycles. The zero-order valence-corrected chi connectivity index (χ0v) is 17.5. The first-order valence-electron chi connectivity index (χ1n) is 10.2. The monoisotopic (exact) mass is 401 g/mol. The van der Waals surface area contributed by atoms with Gasteiger partial charge in [0.15, 0.2) is 5.11 Å². The van der Waals surface area contributed by atoms with Crippen molar-refractivity contribution >= 4 is 23.0 Å². The molecule has 0 spiro atoms. The van der Waals surface area contributed by atoms with E-state index in [0.29, 0.717) is 6.54 Å². The maximum Gasteiger partial charge on any atom is 0.173 e. The third-order valence-electron chi connectivity index (χ3n) is 5.16. The number of furan rings is 1. The number of benzene rings is 1. The van der Waals surface area contributed by atoms with Gasteiger partial charge in [-0.25, -0.2) is 0 Å². The summed E-state index contributed by atoms with van der Waals surface area (Å²) in [6, 6.07) is 11.7. The van der Waals surface area contributed by atoms with E-state index in [4.69, 9.17) is 21.4 Å². The number of methoxy groups -OCH3 is 1. The van der Waals surface area contributed by atoms with Gasteiger partial charge in [0, 0.05) is 12.2 Å². The lowest BCUT2D eigenvalue weighted by Gasteiger charge is -2.27. The van der Waals surface area contributed by atoms with Crippen LogP contribution in [0.1, 0.15) is 37.9 Å². The zero-order valence-electron chi connectivity index (χ0n) is 16.7. The molecule has 1 saturated heterocycles. The van der Waals surface area contributed by atoms with Gasteiger partial charge in [0.1, 0.15) is 11.5 Å². The topological polar surface area (TPSA) is 40.9 Å². The summed E-state index contributed by atoms with van der Waals surface area (Å²) in [6.45, 7) is 5.16. The van der Waals surface area contributed by atoms with Crippen molar-refractivity contribution in [3.8, 4) is 5.75 Å². The summed E-state index contributed by atoms with van der Waals surface area (Å²) in [7, 11) is 1.67. The van der Waals surface area contributed by atoms with E-state index in [1.54, 1.807) is 13.4 Å². The van der Waals surface area contributed by atoms with Crippen LogP contribution >= 0.6 is 12.2 Å². The van der Waals surface area contributed by atoms with Gasteiger partial charge in [0.2, 0.25) is 0 Å². The average Bonchev–Trinajstić information content (AvgIpc) is 3.09. The van der Waals surface area contributed by atoms with Crippen LogP contribution in [-0.4, -0.2) is 48.2 Å². The molecule has 0 bridgehead atoms. The van der Waals surface area contributed by atoms with Gasteiger partial charge in [-0.05, 0) is 87.5 Å². The Balaban J connectivity index is 1.56. The van der Waals surface area contributed by atoms with E-state index in [9.17, 15) is 0 Å². The summed E-state index contributed by atoms with van der Waals surface area (Å²) in [6.07, 6.45) is 8.20. The maximum absolute atomic E-state index is 5.71. The SMILES string of the molecule is COc1ccc(NC(=S)N(CCCN2CCCCCC2)Cc2ccco2)cc1. The fourth-order valence-corrected chi connectivity index (χ4v) is 3.84. The second-order valence-electron chi connectivity index (χ2n) is 7.27. The highest BCUT2D eigenvalue weighted by atomic mass is 32.1. The summed E-state index contributed by atoms with van der Waals surface area (Å²) in [5.74, 6) is 1.76. The minimum absolute atomic E-state index is 0.676. The molecule has 2 aromatic rings. The lowest BCUT2D eigenvalue weighted by atomic mass is 10.2. The molecule has 0 aliphatic carbocycles. The van der Waals surface area contributed by atoms with Crippen LogP contribution in [0.25, 0.3) is 0 Å². The molecule has 0 atom stereocenters. The molecule has 1 aliphatic heterocycles. The summed E-state index contributed by atoms with van der Waals surface area (Å²) in [5, 5.41) is 4.07. The second-order valence-corrected chi connectivity index (χ2v) is 7.66. The number of nitrogens with zero attached hydrogens (tertiary/aromatic N) is 2. The molecule has 1 fully saturated rings. The molecule has 6 heteroatoms. The smallest absolute Gasteiger partial charge is 0.173 e. The van der Waals surface area contributed by atoms with Crippen molar-refractivity contribution in [1.82, 2.24) is 9.80 Å². The Morgan fingerprint density at radius 2 is 1.89 bits per heavy atom. The number of ether oxygens (including phenoxy) is 1. The highest BCUT2D eigenvalue weighted by Gasteiger charge is 2.14. The molecule has 3 rings (SSSR count). The first kappa shape index (κ1) is 20.7. The molecule has 1 aliphatic rings. The van der Waals surface area contributed by atoms with Gasteiger partial charge in [0.25, 0.3) is 0 Å². The predicted molar refractivity (Wildman–Crippen MR) is 118 cm³/mol. The van der Waals surface area contributed by atoms with Crippen molar-refractivity contribution in [3.05, 3.63) is 48.4 Å². The van der Waals surface area contributed by atoms with Crippen molar-refractivity contribution in [1.29, 1.82) is 0 Å². The van der Waals surface area contributed by atoms with Gasteiger partial charge in [-0.15, -0.1) is 0 Å². The van der Waals surface area contributed by atoms with Crippen LogP contribution in [0.4, 0.5) is 5.69 Å². The Morgan fingerprint density at radius 3 is 2.54 bits per heavy atom. The maximum atomic E-state index is 5.71. The third-order valence-corrected chi connectivity index (χ3v) is 5.52. The van der Waals surface area contributed by atoms with Crippen molar-refractivity contribution in [2.24, 2.45) is 0 Å². The molecule has 1 aromatic heterocycles. The van der Waals surface area contributed by atoms with Crippen molar-refractivity contribution in [3.63, 3.8) is 0 Å². The Labute approximate surface area is 173 Å². The molecule has 1 N–H and O–H groups in total. The minimum atomic E-state index is 0.676. The standard InChI is InChI=1S/C22H31N3O2S/c1-26-20-11-9-19(10-12-20)23-22(28)25(18-21-8-6-17-27-21)16-7-15-24-13-4-2-3-5-14-24/h6,8-12,17H,2-5,7,13-16,18H2,1H3,(H,23,28). The van der Waals surface area contributed by atoms with E-state index in [1.807, 2.05) is 36.4 Å². The van der Waals surface area contributed by atoms with Crippen LogP contribution in [0, 0.1) is 0 Å². The van der Waals surface area contributed by atoms with Crippen LogP contribution in [0.5, 0.6) is 5.75 Å². The lowest BCUT2D eigenvalue weighted by Crippen LogP contribution is -2.37. The Kier molecular flexibility index (Phi) is 8.18. The fraction of sp³-hybridized carbons (Fsp3) is 0.500. The zero-order chi connectivity index (χ0) is 19.6. The van der Waals surface area contributed by atoms with Crippen LogP contribution in [-0.2, 0) is 6.54 Å². The van der Waals surface area contributed by atoms with Crippen LogP contribution in [0.2, 0.25) is 0 Å². The van der Waals surface area contributed by atoms with E-state index in [1.165, 1.54) is 38.8 Å². The Morgan fingerprint density at radius 1 is 1.14 bits per heavy atom. The van der Waals surface area contributed by atoms with E-state index in [-0.39, 0.29) is 0 Å². The minimum Gasteiger partial charge on any atom is -0.497 e. The fourth-order valence-electron chi connectivity index (χ4n) is 3.56. The first-order valence-corrected chi connectivity index (χ1v) is 10.6. The van der Waals surface area contributed by atoms with Gasteiger partial charge in [0.05, 0.1) is 19.9 Å². The number of nitrogens with one attached hydrogen (secondary N) is 1. The normalized spacial score (nSPS) is 15.0. The van der Waals surface area contributed by atoms with Gasteiger partial charge >= 0.3 is 0 Å². The van der Waals surface area contributed by atoms with E-state index in [2.05, 4.69) is 15.1 Å². The molecule has 1 aromatic carbocycles. The van der Waals surface area contributed by atoms with Crippen molar-refractivity contribution < 1.29 is 9.15 Å². The van der Waals surface area contributed by atoms with Gasteiger partial charge in [-0.3, -0.25) is 0 Å². The molecule has 0 unspecified atom stereocenters. The molecule has 0 saturated carbocycles. The number of hydrogen-bond acceptors (Lipinski definition) is 4. The van der Waals surface area contributed by atoms with Crippen LogP contribution in [0.3, 0.4) is 0 Å². The van der Waals surface area contributed by atoms with E-state index in [0.717, 1.165) is 41.8 Å². The number of thiocarbonyl (C=S) groups is 1. The number of hydrogen-bond donors (Lipinski definition) is 1. The second kappa shape index (κ2) is 11.1. The highest BCUT2D eigenvalue weighted by Crippen LogP contribution is 2.17. The number of rotatable bonds is 8. The molecule has 152 valence electrons. The van der Waals surface area contributed by atoms with Crippen molar-refractivity contribution in [2.45, 2.75) is 38.6 Å². The first-order chi connectivity index (χ1) is 13.7. The van der Waals surface area contributed by atoms with Gasteiger partial charge in [-0.1, -0.05) is 12.8 Å². The molecular weight excluding hydrogens is 370 g/mol. The largest absolute Gasteiger partial charge is 0.497 e. The summed E-state index contributed by atoms with van der Waals surface area (Å²) < 4.78 is 10.8. The lowest BCUT2D eigenvalue weighted by molar-refractivity contribution is 0.262. The summed E-state index contributed by atoms with van der Waals surface area (Å²) in [5.41, 5.74) is 0.961. The van der Waals surface area contributed by atoms with Crippen LogP contribution < -0.4 is 10.1 Å². The summed E-state index contributed by atoms with van der Waals surface area (Å²) >= 11 is 5.71. The molecule has 5 nitrogen and oxygen atoms in total. The highest BCUT2D eigenvalue weighted by molar-refractivity contribution is 7.80. The molecule has 0 amide bonds. The van der Waals surface area contributed by atoms with Gasteiger partial charge in [-0.2, -0.15) is 0 Å². The molecule has 0 radical (unpaired) electrons. The quantitative estimate of drug-likeness (QED) is 0.644. The molecule has 28 heavy (non-hydrogen) atoms.